The van der Waals surface area contributed by atoms with Crippen molar-refractivity contribution in [3.05, 3.63) is 29.8 Å². The summed E-state index contributed by atoms with van der Waals surface area (Å²) in [6.07, 6.45) is 3.42. The second-order valence-corrected chi connectivity index (χ2v) is 5.70. The number of aromatic hydroxyl groups is 1. The van der Waals surface area contributed by atoms with Crippen molar-refractivity contribution < 1.29 is 19.8 Å². The molecule has 0 saturated heterocycles. The molecular formula is C16H21NO4. The number of carboxylic acids is 1. The monoisotopic (exact) mass is 291 g/mol. The Kier molecular flexibility index (Phi) is 5.20. The van der Waals surface area contributed by atoms with Crippen LogP contribution >= 0.6 is 0 Å². The van der Waals surface area contributed by atoms with Gasteiger partial charge in [0.25, 0.3) is 0 Å². The number of hydrogen-bond donors (Lipinski definition) is 3. The first-order chi connectivity index (χ1) is 10.0. The number of carbonyl (C=O) groups excluding carboxylic acids is 1. The lowest BCUT2D eigenvalue weighted by molar-refractivity contribution is -0.143. The summed E-state index contributed by atoms with van der Waals surface area (Å²) < 4.78 is 0. The topological polar surface area (TPSA) is 86.6 Å². The Balaban J connectivity index is 1.70. The number of nitrogens with one attached hydrogen (secondary N) is 1. The van der Waals surface area contributed by atoms with Gasteiger partial charge in [-0.25, -0.2) is 0 Å². The van der Waals surface area contributed by atoms with Gasteiger partial charge in [0.05, 0.1) is 12.3 Å². The molecule has 114 valence electrons. The molecule has 0 bridgehead atoms. The van der Waals surface area contributed by atoms with E-state index in [4.69, 9.17) is 5.11 Å². The van der Waals surface area contributed by atoms with Crippen LogP contribution in [0.1, 0.15) is 31.2 Å². The smallest absolute Gasteiger partial charge is 0.306 e. The second kappa shape index (κ2) is 7.11. The van der Waals surface area contributed by atoms with Crippen molar-refractivity contribution in [3.63, 3.8) is 0 Å². The highest BCUT2D eigenvalue weighted by molar-refractivity contribution is 5.78. The third kappa shape index (κ3) is 4.77. The van der Waals surface area contributed by atoms with Crippen molar-refractivity contribution in [3.8, 4) is 5.75 Å². The van der Waals surface area contributed by atoms with Crippen molar-refractivity contribution in [1.82, 2.24) is 5.32 Å². The minimum absolute atomic E-state index is 0.0407. The number of amides is 1. The molecule has 1 fully saturated rings. The van der Waals surface area contributed by atoms with Gasteiger partial charge in [-0.2, -0.15) is 0 Å². The van der Waals surface area contributed by atoms with E-state index in [9.17, 15) is 14.7 Å². The maximum atomic E-state index is 11.8. The first-order valence-corrected chi connectivity index (χ1v) is 7.32. The van der Waals surface area contributed by atoms with Crippen LogP contribution in [0, 0.1) is 11.8 Å². The summed E-state index contributed by atoms with van der Waals surface area (Å²) in [5.74, 6) is -0.390. The Bertz CT molecular complexity index is 490. The third-order valence-corrected chi connectivity index (χ3v) is 4.08. The van der Waals surface area contributed by atoms with Gasteiger partial charge in [0, 0.05) is 6.54 Å². The quantitative estimate of drug-likeness (QED) is 0.774. The summed E-state index contributed by atoms with van der Waals surface area (Å²) >= 11 is 0. The van der Waals surface area contributed by atoms with Crippen LogP contribution in [0.5, 0.6) is 5.75 Å². The SMILES string of the molecule is O=C(Cc1ccc(O)cc1)NCC1CCC(C(=O)O)CC1. The first-order valence-electron chi connectivity index (χ1n) is 7.32. The van der Waals surface area contributed by atoms with Crippen molar-refractivity contribution in [2.45, 2.75) is 32.1 Å². The van der Waals surface area contributed by atoms with Gasteiger partial charge in [0.15, 0.2) is 0 Å². The first kappa shape index (κ1) is 15.4. The molecule has 2 rings (SSSR count). The number of rotatable bonds is 5. The Morgan fingerprint density at radius 3 is 2.29 bits per heavy atom. The Morgan fingerprint density at radius 1 is 1.10 bits per heavy atom. The van der Waals surface area contributed by atoms with Gasteiger partial charge in [-0.3, -0.25) is 9.59 Å². The van der Waals surface area contributed by atoms with Crippen LogP contribution in [-0.4, -0.2) is 28.6 Å². The van der Waals surface area contributed by atoms with Gasteiger partial charge < -0.3 is 15.5 Å². The Hall–Kier alpha value is -2.04. The number of phenolic OH excluding ortho intramolecular Hbond substituents is 1. The van der Waals surface area contributed by atoms with E-state index in [1.807, 2.05) is 0 Å². The number of phenols is 1. The van der Waals surface area contributed by atoms with Crippen molar-refractivity contribution >= 4 is 11.9 Å². The fraction of sp³-hybridized carbons (Fsp3) is 0.500. The molecule has 0 atom stereocenters. The molecule has 0 unspecified atom stereocenters. The molecule has 1 amide bonds. The minimum atomic E-state index is -0.704. The van der Waals surface area contributed by atoms with Gasteiger partial charge in [-0.05, 0) is 49.3 Å². The van der Waals surface area contributed by atoms with Crippen LogP contribution in [0.25, 0.3) is 0 Å². The fourth-order valence-corrected chi connectivity index (χ4v) is 2.73. The zero-order valence-electron chi connectivity index (χ0n) is 11.9. The lowest BCUT2D eigenvalue weighted by Gasteiger charge is -2.26. The third-order valence-electron chi connectivity index (χ3n) is 4.08. The van der Waals surface area contributed by atoms with Gasteiger partial charge >= 0.3 is 5.97 Å². The summed E-state index contributed by atoms with van der Waals surface area (Å²) in [5.41, 5.74) is 0.861. The van der Waals surface area contributed by atoms with Gasteiger partial charge in [-0.1, -0.05) is 12.1 Å². The molecule has 0 heterocycles. The lowest BCUT2D eigenvalue weighted by Crippen LogP contribution is -2.33. The van der Waals surface area contributed by atoms with Crippen LogP contribution in [-0.2, 0) is 16.0 Å². The predicted molar refractivity (Wildman–Crippen MR) is 77.9 cm³/mol. The van der Waals surface area contributed by atoms with E-state index in [1.54, 1.807) is 24.3 Å². The highest BCUT2D eigenvalue weighted by Crippen LogP contribution is 2.28. The zero-order valence-corrected chi connectivity index (χ0v) is 11.9. The molecule has 1 aliphatic carbocycles. The summed E-state index contributed by atoms with van der Waals surface area (Å²) in [5, 5.41) is 21.0. The van der Waals surface area contributed by atoms with Gasteiger partial charge in [0.2, 0.25) is 5.91 Å². The molecule has 5 heteroatoms. The molecule has 1 saturated carbocycles. The predicted octanol–water partition coefficient (Wildman–Crippen LogP) is 1.94. The summed E-state index contributed by atoms with van der Waals surface area (Å²) in [6.45, 7) is 0.614. The average Bonchev–Trinajstić information content (AvgIpc) is 2.48. The van der Waals surface area contributed by atoms with Crippen LogP contribution in [0.2, 0.25) is 0 Å². The van der Waals surface area contributed by atoms with E-state index in [2.05, 4.69) is 5.32 Å². The zero-order chi connectivity index (χ0) is 15.2. The molecule has 0 radical (unpaired) electrons. The molecule has 0 aromatic heterocycles. The van der Waals surface area contributed by atoms with E-state index in [1.165, 1.54) is 0 Å². The standard InChI is InChI=1S/C16H21NO4/c18-14-7-3-11(4-8-14)9-15(19)17-10-12-1-5-13(6-2-12)16(20)21/h3-4,7-8,12-13,18H,1-2,5-6,9-10H2,(H,17,19)(H,20,21). The highest BCUT2D eigenvalue weighted by Gasteiger charge is 2.25. The fourth-order valence-electron chi connectivity index (χ4n) is 2.73. The minimum Gasteiger partial charge on any atom is -0.508 e. The van der Waals surface area contributed by atoms with E-state index in [0.29, 0.717) is 31.7 Å². The van der Waals surface area contributed by atoms with Crippen LogP contribution < -0.4 is 5.32 Å². The van der Waals surface area contributed by atoms with Crippen LogP contribution in [0.3, 0.4) is 0 Å². The molecule has 0 aliphatic heterocycles. The molecular weight excluding hydrogens is 270 g/mol. The maximum Gasteiger partial charge on any atom is 0.306 e. The van der Waals surface area contributed by atoms with E-state index < -0.39 is 5.97 Å². The van der Waals surface area contributed by atoms with E-state index >= 15 is 0 Å². The van der Waals surface area contributed by atoms with E-state index in [0.717, 1.165) is 18.4 Å². The average molecular weight is 291 g/mol. The van der Waals surface area contributed by atoms with E-state index in [-0.39, 0.29) is 17.6 Å². The van der Waals surface area contributed by atoms with Crippen LogP contribution in [0.15, 0.2) is 24.3 Å². The number of carboxylic acid groups (broad SMARTS) is 1. The molecule has 5 nitrogen and oxygen atoms in total. The number of aliphatic carboxylic acids is 1. The largest absolute Gasteiger partial charge is 0.508 e. The summed E-state index contributed by atoms with van der Waals surface area (Å²) in [4.78, 5) is 22.7. The molecule has 0 spiro atoms. The van der Waals surface area contributed by atoms with Crippen LogP contribution in [0.4, 0.5) is 0 Å². The molecule has 1 aromatic carbocycles. The molecule has 1 aromatic rings. The summed E-state index contributed by atoms with van der Waals surface area (Å²) in [6, 6.07) is 6.59. The highest BCUT2D eigenvalue weighted by atomic mass is 16.4. The normalized spacial score (nSPS) is 21.7. The maximum absolute atomic E-state index is 11.8. The second-order valence-electron chi connectivity index (χ2n) is 5.70. The number of hydrogen-bond acceptors (Lipinski definition) is 3. The number of benzene rings is 1. The van der Waals surface area contributed by atoms with Gasteiger partial charge in [-0.15, -0.1) is 0 Å². The lowest BCUT2D eigenvalue weighted by atomic mass is 9.82. The van der Waals surface area contributed by atoms with Gasteiger partial charge in [0.1, 0.15) is 5.75 Å². The van der Waals surface area contributed by atoms with Crippen molar-refractivity contribution in [2.75, 3.05) is 6.54 Å². The molecule has 1 aliphatic rings. The Labute approximate surface area is 124 Å². The summed E-state index contributed by atoms with van der Waals surface area (Å²) in [7, 11) is 0. The molecule has 3 N–H and O–H groups in total. The van der Waals surface area contributed by atoms with Crippen molar-refractivity contribution in [2.24, 2.45) is 11.8 Å². The Morgan fingerprint density at radius 2 is 1.71 bits per heavy atom. The number of carbonyl (C=O) groups is 2. The van der Waals surface area contributed by atoms with Crippen molar-refractivity contribution in [1.29, 1.82) is 0 Å². The molecule has 21 heavy (non-hydrogen) atoms.